The first-order valence-corrected chi connectivity index (χ1v) is 10.8. The Kier molecular flexibility index (Phi) is 4.91. The number of fused-ring (bicyclic) bond motifs is 3. The van der Waals surface area contributed by atoms with Crippen LogP contribution >= 0.6 is 11.6 Å². The topological polar surface area (TPSA) is 52.2 Å². The normalized spacial score (nSPS) is 14.4. The van der Waals surface area contributed by atoms with Crippen LogP contribution < -0.4 is 5.56 Å². The minimum atomic E-state index is -0.0143. The van der Waals surface area contributed by atoms with E-state index in [0.29, 0.717) is 17.0 Å². The summed E-state index contributed by atoms with van der Waals surface area (Å²) in [4.78, 5) is 17.7. The molecule has 0 unspecified atom stereocenters. The molecule has 0 atom stereocenters. The number of pyridine rings is 1. The van der Waals surface area contributed by atoms with Crippen molar-refractivity contribution in [1.82, 2.24) is 19.2 Å². The fourth-order valence-electron chi connectivity index (χ4n) is 4.34. The van der Waals surface area contributed by atoms with Gasteiger partial charge in [0, 0.05) is 29.5 Å². The third-order valence-corrected chi connectivity index (χ3v) is 6.20. The number of allylic oxidation sites excluding steroid dienone is 2. The molecule has 0 saturated carbocycles. The monoisotopic (exact) mass is 418 g/mol. The molecule has 5 nitrogen and oxygen atoms in total. The van der Waals surface area contributed by atoms with E-state index in [1.807, 2.05) is 43.5 Å². The Morgan fingerprint density at radius 3 is 2.73 bits per heavy atom. The van der Waals surface area contributed by atoms with E-state index in [9.17, 15) is 4.79 Å². The molecule has 1 aliphatic carbocycles. The van der Waals surface area contributed by atoms with Gasteiger partial charge in [-0.1, -0.05) is 35.4 Å². The van der Waals surface area contributed by atoms with Gasteiger partial charge in [0.2, 0.25) is 0 Å². The van der Waals surface area contributed by atoms with E-state index in [1.54, 1.807) is 15.3 Å². The van der Waals surface area contributed by atoms with Crippen LogP contribution in [0.1, 0.15) is 37.8 Å². The summed E-state index contributed by atoms with van der Waals surface area (Å²) in [5.74, 6) is 0. The molecule has 30 heavy (non-hydrogen) atoms. The lowest BCUT2D eigenvalue weighted by Gasteiger charge is -2.13. The molecule has 0 bridgehead atoms. The molecule has 0 spiro atoms. The van der Waals surface area contributed by atoms with Crippen molar-refractivity contribution >= 4 is 28.2 Å². The molecule has 3 heterocycles. The lowest BCUT2D eigenvalue weighted by molar-refractivity contribution is 0.616. The van der Waals surface area contributed by atoms with Gasteiger partial charge in [0.15, 0.2) is 5.65 Å². The van der Waals surface area contributed by atoms with Crippen molar-refractivity contribution in [3.63, 3.8) is 0 Å². The summed E-state index contributed by atoms with van der Waals surface area (Å²) in [6.45, 7) is 2.66. The summed E-state index contributed by atoms with van der Waals surface area (Å²) in [6, 6.07) is 9.63. The van der Waals surface area contributed by atoms with Crippen molar-refractivity contribution in [2.45, 2.75) is 45.6 Å². The fraction of sp³-hybridized carbons (Fsp3) is 0.292. The minimum absolute atomic E-state index is 0.0143. The van der Waals surface area contributed by atoms with Gasteiger partial charge in [-0.2, -0.15) is 5.10 Å². The van der Waals surface area contributed by atoms with E-state index in [2.05, 4.69) is 11.1 Å². The zero-order valence-electron chi connectivity index (χ0n) is 16.9. The molecular formula is C24H23ClN4O. The highest BCUT2D eigenvalue weighted by Gasteiger charge is 2.16. The van der Waals surface area contributed by atoms with E-state index in [-0.39, 0.29) is 5.56 Å². The number of aromatic nitrogens is 4. The van der Waals surface area contributed by atoms with Gasteiger partial charge in [-0.3, -0.25) is 4.79 Å². The number of hydrogen-bond donors (Lipinski definition) is 0. The van der Waals surface area contributed by atoms with Crippen molar-refractivity contribution in [2.75, 3.05) is 0 Å². The van der Waals surface area contributed by atoms with Crippen LogP contribution in [-0.2, 0) is 6.54 Å². The zero-order chi connectivity index (χ0) is 20.7. The van der Waals surface area contributed by atoms with Gasteiger partial charge in [0.25, 0.3) is 5.56 Å². The smallest absolute Gasteiger partial charge is 0.261 e. The first kappa shape index (κ1) is 19.1. The van der Waals surface area contributed by atoms with E-state index < -0.39 is 0 Å². The van der Waals surface area contributed by atoms with Gasteiger partial charge in [-0.25, -0.2) is 9.50 Å². The van der Waals surface area contributed by atoms with Gasteiger partial charge in [0.1, 0.15) is 0 Å². The summed E-state index contributed by atoms with van der Waals surface area (Å²) in [5.41, 5.74) is 5.81. The molecule has 0 amide bonds. The van der Waals surface area contributed by atoms with Crippen molar-refractivity contribution in [1.29, 1.82) is 0 Å². The largest absolute Gasteiger partial charge is 0.315 e. The molecule has 0 aliphatic heterocycles. The first-order valence-electron chi connectivity index (χ1n) is 10.4. The van der Waals surface area contributed by atoms with Crippen molar-refractivity contribution in [3.05, 3.63) is 75.4 Å². The molecule has 4 aromatic rings. The second-order valence-corrected chi connectivity index (χ2v) is 8.37. The molecule has 0 radical (unpaired) electrons. The predicted molar refractivity (Wildman–Crippen MR) is 121 cm³/mol. The lowest BCUT2D eigenvalue weighted by atomic mass is 9.97. The average molecular weight is 419 g/mol. The highest BCUT2D eigenvalue weighted by molar-refractivity contribution is 6.30. The standard InChI is InChI=1S/C24H23ClN4O/c1-16-22(18-7-9-19(25)10-8-18)23-26-15-20-21(29(23)27-16)12-14-28(24(20)30)13-11-17-5-3-2-4-6-17/h5,7-10,12,14-15H,2-4,6,11,13H2,1H3. The van der Waals surface area contributed by atoms with Crippen LogP contribution in [0.2, 0.25) is 5.02 Å². The zero-order valence-corrected chi connectivity index (χ0v) is 17.7. The van der Waals surface area contributed by atoms with Gasteiger partial charge in [0.05, 0.1) is 16.6 Å². The van der Waals surface area contributed by atoms with E-state index in [1.165, 1.54) is 24.8 Å². The summed E-state index contributed by atoms with van der Waals surface area (Å²) < 4.78 is 3.58. The molecular weight excluding hydrogens is 396 g/mol. The third kappa shape index (κ3) is 3.33. The van der Waals surface area contributed by atoms with Crippen LogP contribution in [0, 0.1) is 6.92 Å². The fourth-order valence-corrected chi connectivity index (χ4v) is 4.47. The number of aryl methyl sites for hydroxylation is 2. The van der Waals surface area contributed by atoms with E-state index in [4.69, 9.17) is 16.7 Å². The Hall–Kier alpha value is -2.92. The van der Waals surface area contributed by atoms with Gasteiger partial charge < -0.3 is 4.57 Å². The van der Waals surface area contributed by atoms with Crippen LogP contribution in [0.5, 0.6) is 0 Å². The Morgan fingerprint density at radius 1 is 1.13 bits per heavy atom. The van der Waals surface area contributed by atoms with Crippen LogP contribution in [0.15, 0.2) is 59.2 Å². The summed E-state index contributed by atoms with van der Waals surface area (Å²) in [6.07, 6.45) is 11.7. The number of rotatable bonds is 4. The van der Waals surface area contributed by atoms with Gasteiger partial charge >= 0.3 is 0 Å². The maximum atomic E-state index is 13.1. The van der Waals surface area contributed by atoms with Crippen LogP contribution in [0.4, 0.5) is 0 Å². The third-order valence-electron chi connectivity index (χ3n) is 5.95. The molecule has 1 aromatic carbocycles. The van der Waals surface area contributed by atoms with Crippen LogP contribution in [0.25, 0.3) is 27.7 Å². The molecule has 0 saturated heterocycles. The Morgan fingerprint density at radius 2 is 1.97 bits per heavy atom. The molecule has 0 N–H and O–H groups in total. The van der Waals surface area contributed by atoms with E-state index in [0.717, 1.165) is 40.8 Å². The Bertz CT molecular complexity index is 1330. The Balaban J connectivity index is 1.56. The minimum Gasteiger partial charge on any atom is -0.315 e. The highest BCUT2D eigenvalue weighted by atomic mass is 35.5. The molecule has 1 aliphatic rings. The molecule has 5 rings (SSSR count). The lowest BCUT2D eigenvalue weighted by Crippen LogP contribution is -2.21. The van der Waals surface area contributed by atoms with E-state index >= 15 is 0 Å². The predicted octanol–water partition coefficient (Wildman–Crippen LogP) is 5.56. The summed E-state index contributed by atoms with van der Waals surface area (Å²) in [5, 5.41) is 5.98. The quantitative estimate of drug-likeness (QED) is 0.407. The van der Waals surface area contributed by atoms with Crippen molar-refractivity contribution < 1.29 is 0 Å². The molecule has 3 aromatic heterocycles. The number of benzene rings is 1. The van der Waals surface area contributed by atoms with Crippen LogP contribution in [-0.4, -0.2) is 19.2 Å². The van der Waals surface area contributed by atoms with Crippen molar-refractivity contribution in [2.24, 2.45) is 0 Å². The Labute approximate surface area is 179 Å². The SMILES string of the molecule is Cc1nn2c(ncc3c(=O)n(CCC4=CCCCC4)ccc32)c1-c1ccc(Cl)cc1. The molecule has 152 valence electrons. The second-order valence-electron chi connectivity index (χ2n) is 7.93. The van der Waals surface area contributed by atoms with Crippen LogP contribution in [0.3, 0.4) is 0 Å². The maximum Gasteiger partial charge on any atom is 0.261 e. The average Bonchev–Trinajstić information content (AvgIpc) is 3.11. The van der Waals surface area contributed by atoms with Crippen molar-refractivity contribution in [3.8, 4) is 11.1 Å². The molecule has 6 heteroatoms. The number of hydrogen-bond acceptors (Lipinski definition) is 3. The number of nitrogens with zero attached hydrogens (tertiary/aromatic N) is 4. The number of halogens is 1. The van der Waals surface area contributed by atoms with Gasteiger partial charge in [-0.05, 0) is 62.8 Å². The van der Waals surface area contributed by atoms with Gasteiger partial charge in [-0.15, -0.1) is 0 Å². The first-order chi connectivity index (χ1) is 14.6. The maximum absolute atomic E-state index is 13.1. The summed E-state index contributed by atoms with van der Waals surface area (Å²) >= 11 is 6.04. The molecule has 0 fully saturated rings. The highest BCUT2D eigenvalue weighted by Crippen LogP contribution is 2.29. The summed E-state index contributed by atoms with van der Waals surface area (Å²) in [7, 11) is 0. The second kappa shape index (κ2) is 7.73.